The normalized spacial score (nSPS) is 14.0. The Kier molecular flexibility index (Phi) is 9.01. The summed E-state index contributed by atoms with van der Waals surface area (Å²) in [6, 6.07) is 13.5. The molecule has 1 N–H and O–H groups in total. The van der Waals surface area contributed by atoms with Crippen LogP contribution in [0.15, 0.2) is 67.1 Å². The zero-order chi connectivity index (χ0) is 33.1. The first kappa shape index (κ1) is 31.8. The van der Waals surface area contributed by atoms with Gasteiger partial charge < -0.3 is 19.7 Å². The number of para-hydroxylation sites is 1. The number of carbonyl (C=O) groups excluding carboxylic acids is 1. The second-order valence-electron chi connectivity index (χ2n) is 12.4. The number of ether oxygens (including phenoxy) is 2. The van der Waals surface area contributed by atoms with Crippen LogP contribution in [0.2, 0.25) is 0 Å². The van der Waals surface area contributed by atoms with Gasteiger partial charge in [0.15, 0.2) is 5.82 Å². The molecule has 0 aliphatic carbocycles. The van der Waals surface area contributed by atoms with Crippen LogP contribution in [0.4, 0.5) is 25.1 Å². The lowest BCUT2D eigenvalue weighted by Gasteiger charge is -2.34. The van der Waals surface area contributed by atoms with Gasteiger partial charge in [-0.2, -0.15) is 5.10 Å². The SMILES string of the molecule is CCOc1cc(F)c(Cn2nc(-c3ncc(C4CCN(C(=O)OC(C)(C)C)CC4)c(Nc4ccncc4)n3)c3ccccc32)c(F)c1. The number of likely N-dealkylation sites (tertiary alicyclic amines) is 1. The molecule has 0 atom stereocenters. The van der Waals surface area contributed by atoms with E-state index >= 15 is 8.78 Å². The van der Waals surface area contributed by atoms with Gasteiger partial charge in [0.2, 0.25) is 0 Å². The largest absolute Gasteiger partial charge is 0.494 e. The summed E-state index contributed by atoms with van der Waals surface area (Å²) >= 11 is 0. The van der Waals surface area contributed by atoms with E-state index < -0.39 is 17.2 Å². The second-order valence-corrected chi connectivity index (χ2v) is 12.4. The third-order valence-electron chi connectivity index (χ3n) is 7.95. The minimum atomic E-state index is -0.711. The Hall–Kier alpha value is -5.13. The van der Waals surface area contributed by atoms with Gasteiger partial charge >= 0.3 is 6.09 Å². The number of anilines is 2. The zero-order valence-corrected chi connectivity index (χ0v) is 26.8. The molecule has 5 aromatic rings. The average molecular weight is 642 g/mol. The highest BCUT2D eigenvalue weighted by molar-refractivity contribution is 5.92. The van der Waals surface area contributed by atoms with Crippen molar-refractivity contribution in [1.82, 2.24) is 29.6 Å². The molecule has 6 rings (SSSR count). The highest BCUT2D eigenvalue weighted by Gasteiger charge is 2.30. The van der Waals surface area contributed by atoms with Crippen LogP contribution < -0.4 is 10.1 Å². The van der Waals surface area contributed by atoms with Crippen molar-refractivity contribution in [2.24, 2.45) is 0 Å². The van der Waals surface area contributed by atoms with Gasteiger partial charge in [0, 0.05) is 66.0 Å². The maximum Gasteiger partial charge on any atom is 0.410 e. The van der Waals surface area contributed by atoms with Crippen LogP contribution in [0.25, 0.3) is 22.4 Å². The predicted molar refractivity (Wildman–Crippen MR) is 175 cm³/mol. The molecular weight excluding hydrogens is 604 g/mol. The highest BCUT2D eigenvalue weighted by Crippen LogP contribution is 2.36. The van der Waals surface area contributed by atoms with E-state index in [0.717, 1.165) is 16.6 Å². The minimum absolute atomic E-state index is 0.0898. The van der Waals surface area contributed by atoms with Crippen LogP contribution in [0.1, 0.15) is 57.6 Å². The van der Waals surface area contributed by atoms with E-state index in [1.807, 2.05) is 57.2 Å². The Morgan fingerprint density at radius 1 is 1.04 bits per heavy atom. The van der Waals surface area contributed by atoms with Crippen molar-refractivity contribution >= 4 is 28.5 Å². The molecule has 1 fully saturated rings. The molecule has 0 radical (unpaired) electrons. The molecule has 0 bridgehead atoms. The average Bonchev–Trinajstić information content (AvgIpc) is 3.41. The number of hydrogen-bond acceptors (Lipinski definition) is 8. The van der Waals surface area contributed by atoms with E-state index in [1.165, 1.54) is 12.1 Å². The van der Waals surface area contributed by atoms with Crippen LogP contribution in [0.3, 0.4) is 0 Å². The van der Waals surface area contributed by atoms with Crippen LogP contribution >= 0.6 is 0 Å². The summed E-state index contributed by atoms with van der Waals surface area (Å²) in [7, 11) is 0. The van der Waals surface area contributed by atoms with E-state index in [4.69, 9.17) is 24.5 Å². The lowest BCUT2D eigenvalue weighted by Crippen LogP contribution is -2.41. The summed E-state index contributed by atoms with van der Waals surface area (Å²) in [4.78, 5) is 28.3. The molecule has 0 spiro atoms. The summed E-state index contributed by atoms with van der Waals surface area (Å²) in [5.41, 5.74) is 2.19. The van der Waals surface area contributed by atoms with Crippen LogP contribution in [0, 0.1) is 11.6 Å². The minimum Gasteiger partial charge on any atom is -0.494 e. The third kappa shape index (κ3) is 7.16. The topological polar surface area (TPSA) is 107 Å². The summed E-state index contributed by atoms with van der Waals surface area (Å²) in [6.45, 7) is 8.58. The number of piperidine rings is 1. The number of benzene rings is 2. The number of nitrogens with one attached hydrogen (secondary N) is 1. The molecule has 1 aliphatic heterocycles. The van der Waals surface area contributed by atoms with Crippen molar-refractivity contribution in [2.45, 2.75) is 58.6 Å². The van der Waals surface area contributed by atoms with Gasteiger partial charge in [0.25, 0.3) is 0 Å². The number of amides is 1. The van der Waals surface area contributed by atoms with Crippen molar-refractivity contribution in [3.63, 3.8) is 0 Å². The van der Waals surface area contributed by atoms with Gasteiger partial charge in [0.05, 0.1) is 18.7 Å². The quantitative estimate of drug-likeness (QED) is 0.186. The molecule has 47 heavy (non-hydrogen) atoms. The number of hydrogen-bond donors (Lipinski definition) is 1. The fraction of sp³-hybridized carbons (Fsp3) is 0.343. The second kappa shape index (κ2) is 13.3. The van der Waals surface area contributed by atoms with E-state index in [0.29, 0.717) is 55.4 Å². The molecular formula is C35H37F2N7O3. The molecule has 1 amide bonds. The fourth-order valence-corrected chi connectivity index (χ4v) is 5.72. The Balaban J connectivity index is 1.33. The molecule has 10 nitrogen and oxygen atoms in total. The van der Waals surface area contributed by atoms with Gasteiger partial charge in [-0.25, -0.2) is 23.5 Å². The summed E-state index contributed by atoms with van der Waals surface area (Å²) in [5, 5.41) is 8.95. The van der Waals surface area contributed by atoms with E-state index in [1.54, 1.807) is 35.1 Å². The van der Waals surface area contributed by atoms with Gasteiger partial charge in [0.1, 0.15) is 34.5 Å². The smallest absolute Gasteiger partial charge is 0.410 e. The molecule has 3 aromatic heterocycles. The predicted octanol–water partition coefficient (Wildman–Crippen LogP) is 7.47. The molecule has 2 aromatic carbocycles. The van der Waals surface area contributed by atoms with Gasteiger partial charge in [-0.15, -0.1) is 0 Å². The lowest BCUT2D eigenvalue weighted by molar-refractivity contribution is 0.0205. The van der Waals surface area contributed by atoms with Crippen molar-refractivity contribution < 1.29 is 23.0 Å². The summed E-state index contributed by atoms with van der Waals surface area (Å²) in [5.74, 6) is -0.228. The van der Waals surface area contributed by atoms with Crippen molar-refractivity contribution in [3.8, 4) is 17.3 Å². The van der Waals surface area contributed by atoms with Gasteiger partial charge in [-0.1, -0.05) is 18.2 Å². The van der Waals surface area contributed by atoms with E-state index in [-0.39, 0.29) is 29.9 Å². The van der Waals surface area contributed by atoms with Crippen LogP contribution in [0.5, 0.6) is 5.75 Å². The van der Waals surface area contributed by atoms with Crippen molar-refractivity contribution in [1.29, 1.82) is 0 Å². The summed E-state index contributed by atoms with van der Waals surface area (Å²) < 4.78 is 42.5. The Morgan fingerprint density at radius 2 is 1.74 bits per heavy atom. The van der Waals surface area contributed by atoms with Crippen LogP contribution in [-0.2, 0) is 11.3 Å². The monoisotopic (exact) mass is 641 g/mol. The van der Waals surface area contributed by atoms with Gasteiger partial charge in [-0.05, 0) is 64.7 Å². The number of nitrogens with zero attached hydrogens (tertiary/aromatic N) is 6. The Labute approximate surface area is 271 Å². The number of fused-ring (bicyclic) bond motifs is 1. The molecule has 1 aliphatic rings. The Bertz CT molecular complexity index is 1860. The van der Waals surface area contributed by atoms with Crippen molar-refractivity contribution in [3.05, 3.63) is 89.9 Å². The third-order valence-corrected chi connectivity index (χ3v) is 7.95. The molecule has 0 saturated carbocycles. The zero-order valence-electron chi connectivity index (χ0n) is 26.8. The number of pyridine rings is 1. The standard InChI is InChI=1S/C35H37F2N7O3/c1-5-46-24-18-28(36)27(29(37)19-24)21-44-30-9-7-6-8-25(30)31(42-44)33-39-20-26(32(41-33)40-23-10-14-38-15-11-23)22-12-16-43(17-13-22)34(45)47-35(2,3)4/h6-11,14-15,18-20,22H,5,12-13,16-17,21H2,1-4H3,(H,38,39,40,41). The number of carbonyl (C=O) groups is 1. The number of rotatable bonds is 8. The first-order valence-electron chi connectivity index (χ1n) is 15.7. The first-order valence-corrected chi connectivity index (χ1v) is 15.7. The molecule has 0 unspecified atom stereocenters. The molecule has 1 saturated heterocycles. The van der Waals surface area contributed by atoms with E-state index in [9.17, 15) is 4.79 Å². The van der Waals surface area contributed by atoms with Gasteiger partial charge in [-0.3, -0.25) is 9.67 Å². The fourth-order valence-electron chi connectivity index (χ4n) is 5.72. The van der Waals surface area contributed by atoms with Crippen LogP contribution in [-0.4, -0.2) is 61.0 Å². The lowest BCUT2D eigenvalue weighted by atomic mass is 9.90. The Morgan fingerprint density at radius 3 is 2.43 bits per heavy atom. The maximum absolute atomic E-state index is 15.0. The maximum atomic E-state index is 15.0. The highest BCUT2D eigenvalue weighted by atomic mass is 19.1. The number of halogens is 2. The molecule has 4 heterocycles. The number of aromatic nitrogens is 5. The van der Waals surface area contributed by atoms with Crippen molar-refractivity contribution in [2.75, 3.05) is 25.0 Å². The summed E-state index contributed by atoms with van der Waals surface area (Å²) in [6.07, 6.45) is 6.30. The first-order chi connectivity index (χ1) is 22.6. The molecule has 12 heteroatoms. The molecule has 244 valence electrons. The van der Waals surface area contributed by atoms with E-state index in [2.05, 4.69) is 10.3 Å².